The minimum atomic E-state index is 0.0624. The van der Waals surface area contributed by atoms with Crippen molar-refractivity contribution in [2.24, 2.45) is 0 Å². The van der Waals surface area contributed by atoms with Crippen LogP contribution in [0.1, 0.15) is 71.4 Å². The van der Waals surface area contributed by atoms with Gasteiger partial charge >= 0.3 is 0 Å². The number of aryl methyl sites for hydroxylation is 1. The molecule has 156 valence electrons. The number of hydrogen-bond acceptors (Lipinski definition) is 0. The van der Waals surface area contributed by atoms with Gasteiger partial charge in [-0.1, -0.05) is 63.6 Å². The zero-order chi connectivity index (χ0) is 21.4. The van der Waals surface area contributed by atoms with Gasteiger partial charge in [0.2, 0.25) is 5.69 Å². The number of fused-ring (bicyclic) bond motifs is 3. The molecular formula is C29H36N+. The average Bonchev–Trinajstić information content (AvgIpc) is 2.81. The van der Waals surface area contributed by atoms with Crippen molar-refractivity contribution in [3.63, 3.8) is 0 Å². The third kappa shape index (κ3) is 3.11. The number of aromatic nitrogens is 1. The molecular weight excluding hydrogens is 362 g/mol. The van der Waals surface area contributed by atoms with E-state index in [2.05, 4.69) is 106 Å². The highest BCUT2D eigenvalue weighted by Crippen LogP contribution is 2.50. The highest BCUT2D eigenvalue weighted by atomic mass is 15.1. The van der Waals surface area contributed by atoms with Crippen molar-refractivity contribution in [3.05, 3.63) is 78.0 Å². The Hall–Kier alpha value is -2.41. The molecule has 0 amide bonds. The predicted molar refractivity (Wildman–Crippen MR) is 128 cm³/mol. The van der Waals surface area contributed by atoms with Crippen molar-refractivity contribution >= 4 is 0 Å². The fourth-order valence-electron chi connectivity index (χ4n) is 5.48. The minimum absolute atomic E-state index is 0.0624. The van der Waals surface area contributed by atoms with Crippen LogP contribution in [0, 0.1) is 0 Å². The van der Waals surface area contributed by atoms with Crippen LogP contribution >= 0.6 is 0 Å². The van der Waals surface area contributed by atoms with Gasteiger partial charge in [-0.25, -0.2) is 0 Å². The second-order valence-corrected chi connectivity index (χ2v) is 9.33. The number of pyridine rings is 1. The summed E-state index contributed by atoms with van der Waals surface area (Å²) in [5, 5.41) is 0. The summed E-state index contributed by atoms with van der Waals surface area (Å²) in [7, 11) is 0. The summed E-state index contributed by atoms with van der Waals surface area (Å²) in [5.41, 5.74) is 8.47. The molecule has 3 aromatic rings. The van der Waals surface area contributed by atoms with Crippen LogP contribution in [0.25, 0.3) is 22.4 Å². The molecule has 1 aliphatic heterocycles. The Morgan fingerprint density at radius 3 is 2.33 bits per heavy atom. The summed E-state index contributed by atoms with van der Waals surface area (Å²) < 4.78 is 2.54. The van der Waals surface area contributed by atoms with Crippen molar-refractivity contribution < 1.29 is 4.57 Å². The lowest BCUT2D eigenvalue weighted by Crippen LogP contribution is -2.67. The molecule has 2 unspecified atom stereocenters. The zero-order valence-corrected chi connectivity index (χ0v) is 19.3. The van der Waals surface area contributed by atoms with E-state index < -0.39 is 0 Å². The minimum Gasteiger partial charge on any atom is -0.192 e. The first-order valence-corrected chi connectivity index (χ1v) is 11.7. The first-order valence-electron chi connectivity index (χ1n) is 11.7. The van der Waals surface area contributed by atoms with Gasteiger partial charge in [-0.3, -0.25) is 0 Å². The van der Waals surface area contributed by atoms with E-state index in [1.54, 1.807) is 0 Å². The predicted octanol–water partition coefficient (Wildman–Crippen LogP) is 7.46. The molecule has 0 saturated heterocycles. The molecule has 2 aromatic carbocycles. The highest BCUT2D eigenvalue weighted by molar-refractivity contribution is 5.75. The van der Waals surface area contributed by atoms with Gasteiger partial charge in [-0.2, -0.15) is 4.57 Å². The topological polar surface area (TPSA) is 3.88 Å². The zero-order valence-electron chi connectivity index (χ0n) is 19.3. The third-order valence-corrected chi connectivity index (χ3v) is 7.95. The van der Waals surface area contributed by atoms with Gasteiger partial charge in [0.25, 0.3) is 0 Å². The Balaban J connectivity index is 1.89. The van der Waals surface area contributed by atoms with Crippen LogP contribution in [0.2, 0.25) is 0 Å². The Morgan fingerprint density at radius 1 is 0.800 bits per heavy atom. The molecule has 1 nitrogen and oxygen atoms in total. The summed E-state index contributed by atoms with van der Waals surface area (Å²) in [6.07, 6.45) is 8.17. The lowest BCUT2D eigenvalue weighted by molar-refractivity contribution is -0.765. The molecule has 1 heteroatoms. The van der Waals surface area contributed by atoms with E-state index in [4.69, 9.17) is 0 Å². The van der Waals surface area contributed by atoms with Crippen molar-refractivity contribution in [3.8, 4) is 22.4 Å². The van der Waals surface area contributed by atoms with Gasteiger partial charge in [0.15, 0.2) is 11.7 Å². The molecule has 0 fully saturated rings. The summed E-state index contributed by atoms with van der Waals surface area (Å²) in [4.78, 5) is 0. The molecule has 30 heavy (non-hydrogen) atoms. The molecule has 0 bridgehead atoms. The largest absolute Gasteiger partial charge is 0.213 e. The van der Waals surface area contributed by atoms with Crippen LogP contribution in [0.5, 0.6) is 0 Å². The second-order valence-electron chi connectivity index (χ2n) is 9.33. The number of hydrogen-bond donors (Lipinski definition) is 0. The van der Waals surface area contributed by atoms with Crippen molar-refractivity contribution in [1.29, 1.82) is 0 Å². The van der Waals surface area contributed by atoms with Crippen LogP contribution in [-0.2, 0) is 17.4 Å². The summed E-state index contributed by atoms with van der Waals surface area (Å²) >= 11 is 0. The average molecular weight is 399 g/mol. The molecule has 0 spiro atoms. The monoisotopic (exact) mass is 398 g/mol. The first kappa shape index (κ1) is 20.8. The van der Waals surface area contributed by atoms with E-state index >= 15 is 0 Å². The van der Waals surface area contributed by atoms with Crippen molar-refractivity contribution in [2.45, 2.75) is 77.7 Å². The summed E-state index contributed by atoms with van der Waals surface area (Å²) in [6.45, 7) is 11.8. The quantitative estimate of drug-likeness (QED) is 0.379. The maximum absolute atomic E-state index is 2.54. The van der Waals surface area contributed by atoms with Gasteiger partial charge in [-0.05, 0) is 60.6 Å². The van der Waals surface area contributed by atoms with E-state index in [1.165, 1.54) is 46.4 Å². The molecule has 0 radical (unpaired) electrons. The lowest BCUT2D eigenvalue weighted by Gasteiger charge is -2.46. The van der Waals surface area contributed by atoms with Crippen molar-refractivity contribution in [2.75, 3.05) is 0 Å². The molecule has 4 rings (SSSR count). The molecule has 1 aliphatic rings. The van der Waals surface area contributed by atoms with Crippen LogP contribution in [0.4, 0.5) is 0 Å². The molecule has 1 aromatic heterocycles. The lowest BCUT2D eigenvalue weighted by atomic mass is 9.60. The maximum Gasteiger partial charge on any atom is 0.213 e. The normalized spacial score (nSPS) is 22.4. The number of rotatable bonds is 6. The molecule has 0 saturated carbocycles. The van der Waals surface area contributed by atoms with Gasteiger partial charge in [-0.15, -0.1) is 0 Å². The summed E-state index contributed by atoms with van der Waals surface area (Å²) in [5.74, 6) is 0. The van der Waals surface area contributed by atoms with Crippen LogP contribution in [0.15, 0.2) is 66.9 Å². The van der Waals surface area contributed by atoms with Gasteiger partial charge in [0.1, 0.15) is 0 Å². The smallest absolute Gasteiger partial charge is 0.192 e. The van der Waals surface area contributed by atoms with Gasteiger partial charge in [0, 0.05) is 25.5 Å². The Kier molecular flexibility index (Phi) is 5.57. The Morgan fingerprint density at radius 2 is 1.60 bits per heavy atom. The SMILES string of the molecule is CCCCc1cccc(-c2ccc3c(c2)-c2cccc[n+]2C(C)(CC)C3(C)CC)c1. The molecule has 0 aliphatic carbocycles. The fraction of sp³-hybridized carbons (Fsp3) is 0.414. The molecule has 2 heterocycles. The second kappa shape index (κ2) is 8.02. The summed E-state index contributed by atoms with van der Waals surface area (Å²) in [6, 6.07) is 23.0. The Bertz CT molecular complexity index is 1050. The van der Waals surface area contributed by atoms with Crippen LogP contribution < -0.4 is 4.57 Å². The van der Waals surface area contributed by atoms with Gasteiger partial charge < -0.3 is 0 Å². The van der Waals surface area contributed by atoms with E-state index in [0.29, 0.717) is 0 Å². The van der Waals surface area contributed by atoms with E-state index in [-0.39, 0.29) is 11.0 Å². The van der Waals surface area contributed by atoms with Crippen LogP contribution in [-0.4, -0.2) is 0 Å². The van der Waals surface area contributed by atoms with E-state index in [0.717, 1.165) is 19.3 Å². The number of nitrogens with zero attached hydrogens (tertiary/aromatic N) is 1. The highest BCUT2D eigenvalue weighted by Gasteiger charge is 2.56. The molecule has 0 N–H and O–H groups in total. The Labute approximate surface area is 182 Å². The molecule has 2 atom stereocenters. The fourth-order valence-corrected chi connectivity index (χ4v) is 5.48. The first-order chi connectivity index (χ1) is 14.5. The van der Waals surface area contributed by atoms with E-state index in [1.807, 2.05) is 0 Å². The standard InChI is InChI=1S/C29H36N/c1-6-9-13-22-14-12-15-23(20-22)24-17-18-26-25(21-24)27-16-10-11-19-30(27)29(5,8-3)28(26,4)7-2/h10-12,14-21H,6-9,13H2,1-5H3/q+1. The maximum atomic E-state index is 2.54. The van der Waals surface area contributed by atoms with Crippen molar-refractivity contribution in [1.82, 2.24) is 0 Å². The number of unbranched alkanes of at least 4 members (excludes halogenated alkanes) is 1. The number of benzene rings is 2. The third-order valence-electron chi connectivity index (χ3n) is 7.95. The van der Waals surface area contributed by atoms with Gasteiger partial charge in [0.05, 0.1) is 11.0 Å². The van der Waals surface area contributed by atoms with E-state index in [9.17, 15) is 0 Å². The van der Waals surface area contributed by atoms with Crippen LogP contribution in [0.3, 0.4) is 0 Å².